The molecule has 0 saturated heterocycles. The van der Waals surface area contributed by atoms with Crippen molar-refractivity contribution >= 4 is 11.8 Å². The monoisotopic (exact) mass is 287 g/mol. The van der Waals surface area contributed by atoms with Crippen molar-refractivity contribution in [1.82, 2.24) is 14.8 Å². The fourth-order valence-electron chi connectivity index (χ4n) is 1.97. The molecular formula is C16H21N3S. The standard InChI is InChI=1S/C16H21N3S/c1-5-10-19-15(12(2)3)17-18-16(19)20-11-14-8-6-13(4)7-9-14/h5-9,12H,1,10-11H2,2-4H3. The van der Waals surface area contributed by atoms with Gasteiger partial charge in [0.15, 0.2) is 5.16 Å². The second kappa shape index (κ2) is 6.75. The van der Waals surface area contributed by atoms with Crippen LogP contribution in [0.3, 0.4) is 0 Å². The molecule has 0 aliphatic rings. The van der Waals surface area contributed by atoms with Crippen molar-refractivity contribution in [2.45, 2.75) is 44.1 Å². The van der Waals surface area contributed by atoms with Gasteiger partial charge in [0, 0.05) is 18.2 Å². The summed E-state index contributed by atoms with van der Waals surface area (Å²) in [5, 5.41) is 9.59. The van der Waals surface area contributed by atoms with Crippen molar-refractivity contribution < 1.29 is 0 Å². The Balaban J connectivity index is 2.12. The summed E-state index contributed by atoms with van der Waals surface area (Å²) in [4.78, 5) is 0. The Hall–Kier alpha value is -1.55. The molecule has 0 atom stereocenters. The van der Waals surface area contributed by atoms with Crippen LogP contribution < -0.4 is 0 Å². The SMILES string of the molecule is C=CCn1c(SCc2ccc(C)cc2)nnc1C(C)C. The average molecular weight is 287 g/mol. The molecule has 0 spiro atoms. The third-order valence-electron chi connectivity index (χ3n) is 3.06. The van der Waals surface area contributed by atoms with Crippen molar-refractivity contribution in [2.24, 2.45) is 0 Å². The van der Waals surface area contributed by atoms with Gasteiger partial charge in [-0.25, -0.2) is 0 Å². The molecule has 0 bridgehead atoms. The molecule has 2 rings (SSSR count). The van der Waals surface area contributed by atoms with Crippen LogP contribution in [0, 0.1) is 6.92 Å². The molecule has 0 unspecified atom stereocenters. The van der Waals surface area contributed by atoms with Gasteiger partial charge in [0.05, 0.1) is 0 Å². The topological polar surface area (TPSA) is 30.7 Å². The summed E-state index contributed by atoms with van der Waals surface area (Å²) >= 11 is 1.73. The lowest BCUT2D eigenvalue weighted by atomic mass is 10.2. The van der Waals surface area contributed by atoms with E-state index in [9.17, 15) is 0 Å². The van der Waals surface area contributed by atoms with E-state index in [0.717, 1.165) is 23.3 Å². The van der Waals surface area contributed by atoms with Crippen LogP contribution in [-0.4, -0.2) is 14.8 Å². The highest BCUT2D eigenvalue weighted by molar-refractivity contribution is 7.98. The van der Waals surface area contributed by atoms with Gasteiger partial charge in [-0.05, 0) is 12.5 Å². The van der Waals surface area contributed by atoms with Crippen LogP contribution in [0.1, 0.15) is 36.7 Å². The number of benzene rings is 1. The lowest BCUT2D eigenvalue weighted by Crippen LogP contribution is -2.05. The maximum atomic E-state index is 4.32. The zero-order chi connectivity index (χ0) is 14.5. The maximum Gasteiger partial charge on any atom is 0.191 e. The lowest BCUT2D eigenvalue weighted by Gasteiger charge is -2.09. The highest BCUT2D eigenvalue weighted by Crippen LogP contribution is 2.24. The van der Waals surface area contributed by atoms with Crippen LogP contribution in [0.25, 0.3) is 0 Å². The number of allylic oxidation sites excluding steroid dienone is 1. The fourth-order valence-corrected chi connectivity index (χ4v) is 2.88. The molecule has 0 radical (unpaired) electrons. The second-order valence-electron chi connectivity index (χ2n) is 5.17. The van der Waals surface area contributed by atoms with Gasteiger partial charge in [0.1, 0.15) is 5.82 Å². The summed E-state index contributed by atoms with van der Waals surface area (Å²) in [6.45, 7) is 11.0. The number of nitrogens with zero attached hydrogens (tertiary/aromatic N) is 3. The third kappa shape index (κ3) is 3.51. The molecule has 106 valence electrons. The Kier molecular flexibility index (Phi) is 5.01. The number of hydrogen-bond donors (Lipinski definition) is 0. The van der Waals surface area contributed by atoms with E-state index in [2.05, 4.69) is 66.4 Å². The van der Waals surface area contributed by atoms with Crippen LogP contribution >= 0.6 is 11.8 Å². The molecule has 0 amide bonds. The zero-order valence-electron chi connectivity index (χ0n) is 12.3. The van der Waals surface area contributed by atoms with Crippen LogP contribution in [-0.2, 0) is 12.3 Å². The summed E-state index contributed by atoms with van der Waals surface area (Å²) in [7, 11) is 0. The summed E-state index contributed by atoms with van der Waals surface area (Å²) < 4.78 is 2.15. The number of aromatic nitrogens is 3. The molecule has 4 heteroatoms. The first-order valence-electron chi connectivity index (χ1n) is 6.84. The average Bonchev–Trinajstić information content (AvgIpc) is 2.82. The van der Waals surface area contributed by atoms with Gasteiger partial charge in [-0.1, -0.05) is 61.5 Å². The Morgan fingerprint density at radius 1 is 1.25 bits per heavy atom. The van der Waals surface area contributed by atoms with Crippen LogP contribution in [0.15, 0.2) is 42.1 Å². The highest BCUT2D eigenvalue weighted by atomic mass is 32.2. The Labute approximate surface area is 125 Å². The van der Waals surface area contributed by atoms with E-state index in [-0.39, 0.29) is 0 Å². The number of rotatable bonds is 6. The van der Waals surface area contributed by atoms with Gasteiger partial charge < -0.3 is 4.57 Å². The van der Waals surface area contributed by atoms with E-state index >= 15 is 0 Å². The minimum atomic E-state index is 0.371. The van der Waals surface area contributed by atoms with Crippen molar-refractivity contribution in [3.05, 3.63) is 53.9 Å². The zero-order valence-corrected chi connectivity index (χ0v) is 13.2. The van der Waals surface area contributed by atoms with E-state index in [4.69, 9.17) is 0 Å². The molecule has 2 aromatic rings. The lowest BCUT2D eigenvalue weighted by molar-refractivity contribution is 0.641. The van der Waals surface area contributed by atoms with Gasteiger partial charge >= 0.3 is 0 Å². The van der Waals surface area contributed by atoms with Crippen LogP contribution in [0.5, 0.6) is 0 Å². The van der Waals surface area contributed by atoms with Gasteiger partial charge in [-0.2, -0.15) is 0 Å². The Morgan fingerprint density at radius 3 is 2.55 bits per heavy atom. The molecule has 0 aliphatic heterocycles. The van der Waals surface area contributed by atoms with Crippen molar-refractivity contribution in [3.8, 4) is 0 Å². The van der Waals surface area contributed by atoms with E-state index in [1.807, 2.05) is 6.08 Å². The Bertz CT molecular complexity index is 570. The number of aryl methyl sites for hydroxylation is 1. The first kappa shape index (κ1) is 14.9. The van der Waals surface area contributed by atoms with Gasteiger partial charge in [-0.3, -0.25) is 0 Å². The quantitative estimate of drug-likeness (QED) is 0.589. The van der Waals surface area contributed by atoms with Gasteiger partial charge in [0.25, 0.3) is 0 Å². The largest absolute Gasteiger partial charge is 0.302 e. The van der Waals surface area contributed by atoms with Crippen molar-refractivity contribution in [3.63, 3.8) is 0 Å². The normalized spacial score (nSPS) is 11.0. The van der Waals surface area contributed by atoms with Crippen molar-refractivity contribution in [1.29, 1.82) is 0 Å². The molecule has 1 heterocycles. The van der Waals surface area contributed by atoms with Crippen LogP contribution in [0.2, 0.25) is 0 Å². The summed E-state index contributed by atoms with van der Waals surface area (Å²) in [6.07, 6.45) is 1.89. The molecule has 1 aromatic carbocycles. The van der Waals surface area contributed by atoms with Crippen molar-refractivity contribution in [2.75, 3.05) is 0 Å². The second-order valence-corrected chi connectivity index (χ2v) is 6.11. The summed E-state index contributed by atoms with van der Waals surface area (Å²) in [6, 6.07) is 8.62. The van der Waals surface area contributed by atoms with E-state index < -0.39 is 0 Å². The molecule has 0 fully saturated rings. The minimum Gasteiger partial charge on any atom is -0.302 e. The maximum absolute atomic E-state index is 4.32. The number of hydrogen-bond acceptors (Lipinski definition) is 3. The predicted octanol–water partition coefficient (Wildman–Crippen LogP) is 4.19. The van der Waals surface area contributed by atoms with Crippen LogP contribution in [0.4, 0.5) is 0 Å². The molecular weight excluding hydrogens is 266 g/mol. The predicted molar refractivity (Wildman–Crippen MR) is 85.0 cm³/mol. The number of thioether (sulfide) groups is 1. The van der Waals surface area contributed by atoms with E-state index in [0.29, 0.717) is 5.92 Å². The van der Waals surface area contributed by atoms with E-state index in [1.165, 1.54) is 11.1 Å². The Morgan fingerprint density at radius 2 is 1.95 bits per heavy atom. The first-order chi connectivity index (χ1) is 9.61. The highest BCUT2D eigenvalue weighted by Gasteiger charge is 2.14. The molecule has 20 heavy (non-hydrogen) atoms. The van der Waals surface area contributed by atoms with Gasteiger partial charge in [0.2, 0.25) is 0 Å². The molecule has 0 aliphatic carbocycles. The van der Waals surface area contributed by atoms with E-state index in [1.54, 1.807) is 11.8 Å². The molecule has 1 aromatic heterocycles. The first-order valence-corrected chi connectivity index (χ1v) is 7.82. The molecule has 3 nitrogen and oxygen atoms in total. The smallest absolute Gasteiger partial charge is 0.191 e. The molecule has 0 saturated carbocycles. The summed E-state index contributed by atoms with van der Waals surface area (Å²) in [5.74, 6) is 2.31. The third-order valence-corrected chi connectivity index (χ3v) is 4.10. The van der Waals surface area contributed by atoms with Gasteiger partial charge in [-0.15, -0.1) is 16.8 Å². The summed E-state index contributed by atoms with van der Waals surface area (Å²) in [5.41, 5.74) is 2.59. The molecule has 0 N–H and O–H groups in total. The fraction of sp³-hybridized carbons (Fsp3) is 0.375. The minimum absolute atomic E-state index is 0.371.